The highest BCUT2D eigenvalue weighted by atomic mass is 32.1. The fourth-order valence-electron chi connectivity index (χ4n) is 2.88. The molecule has 1 fully saturated rings. The molecule has 0 aliphatic carbocycles. The van der Waals surface area contributed by atoms with Crippen LogP contribution in [-0.2, 0) is 4.84 Å². The van der Waals surface area contributed by atoms with Crippen LogP contribution in [0, 0.1) is 13.8 Å². The molecule has 0 saturated carbocycles. The van der Waals surface area contributed by atoms with Crippen molar-refractivity contribution in [1.82, 2.24) is 10.0 Å². The van der Waals surface area contributed by atoms with Gasteiger partial charge < -0.3 is 0 Å². The van der Waals surface area contributed by atoms with Crippen molar-refractivity contribution in [3.63, 3.8) is 0 Å². The summed E-state index contributed by atoms with van der Waals surface area (Å²) in [6.07, 6.45) is 1.06. The maximum atomic E-state index is 6.33. The molecule has 0 amide bonds. The van der Waals surface area contributed by atoms with Gasteiger partial charge in [-0.15, -0.1) is 11.3 Å². The maximum Gasteiger partial charge on any atom is 0.113 e. The average molecular weight is 316 g/mol. The molecular weight excluding hydrogens is 292 g/mol. The number of hydrogen-bond donors (Lipinski definition) is 0. The molecule has 1 aromatic carbocycles. The molecule has 3 rings (SSSR count). The van der Waals surface area contributed by atoms with Crippen molar-refractivity contribution in [2.24, 2.45) is 0 Å². The Morgan fingerprint density at radius 3 is 2.41 bits per heavy atom. The van der Waals surface area contributed by atoms with Gasteiger partial charge in [0.25, 0.3) is 0 Å². The first-order chi connectivity index (χ1) is 10.3. The number of hydroxylamine groups is 2. The standard InChI is InChI=1S/C18H24N2OS/c1-12-6-8-14(9-7-12)16-10-15(17-19-13(2)11-22-17)20(21-16)18(3,4)5/h6-9,11,15-16H,10H2,1-5H3/t15-,16+/m0/s1. The van der Waals surface area contributed by atoms with Crippen LogP contribution in [0.3, 0.4) is 0 Å². The number of thiazole rings is 1. The summed E-state index contributed by atoms with van der Waals surface area (Å²) in [6.45, 7) is 10.7. The predicted molar refractivity (Wildman–Crippen MR) is 90.8 cm³/mol. The van der Waals surface area contributed by atoms with E-state index in [0.29, 0.717) is 0 Å². The third-order valence-electron chi connectivity index (χ3n) is 3.99. The smallest absolute Gasteiger partial charge is 0.113 e. The van der Waals surface area contributed by atoms with Crippen LogP contribution in [0.2, 0.25) is 0 Å². The molecule has 2 atom stereocenters. The SMILES string of the molecule is Cc1ccc([C@H]2C[C@@H](c3nc(C)cs3)N(C(C)(C)C)O2)cc1. The monoisotopic (exact) mass is 316 g/mol. The second-order valence-electron chi connectivity index (χ2n) is 7.08. The zero-order valence-electron chi connectivity index (χ0n) is 14.0. The minimum absolute atomic E-state index is 0.0519. The molecule has 1 aliphatic heterocycles. The van der Waals surface area contributed by atoms with E-state index in [1.807, 2.05) is 0 Å². The van der Waals surface area contributed by atoms with Crippen molar-refractivity contribution >= 4 is 11.3 Å². The van der Waals surface area contributed by atoms with Gasteiger partial charge in [0.1, 0.15) is 11.1 Å². The number of aryl methyl sites for hydroxylation is 2. The number of hydrogen-bond acceptors (Lipinski definition) is 4. The minimum atomic E-state index is -0.0519. The van der Waals surface area contributed by atoms with E-state index in [1.54, 1.807) is 11.3 Å². The van der Waals surface area contributed by atoms with E-state index in [1.165, 1.54) is 11.1 Å². The van der Waals surface area contributed by atoms with E-state index >= 15 is 0 Å². The summed E-state index contributed by atoms with van der Waals surface area (Å²) in [6, 6.07) is 8.89. The Bertz CT molecular complexity index is 642. The highest BCUT2D eigenvalue weighted by molar-refractivity contribution is 7.09. The summed E-state index contributed by atoms with van der Waals surface area (Å²) >= 11 is 1.73. The quantitative estimate of drug-likeness (QED) is 0.781. The summed E-state index contributed by atoms with van der Waals surface area (Å²) in [5.74, 6) is 0. The molecule has 0 unspecified atom stereocenters. The Morgan fingerprint density at radius 1 is 1.18 bits per heavy atom. The van der Waals surface area contributed by atoms with E-state index in [2.05, 4.69) is 69.3 Å². The largest absolute Gasteiger partial charge is 0.290 e. The van der Waals surface area contributed by atoms with Crippen molar-refractivity contribution in [3.05, 3.63) is 51.5 Å². The molecule has 3 nitrogen and oxygen atoms in total. The normalized spacial score (nSPS) is 23.1. The zero-order valence-corrected chi connectivity index (χ0v) is 14.8. The Hall–Kier alpha value is -1.23. The van der Waals surface area contributed by atoms with Crippen molar-refractivity contribution in [1.29, 1.82) is 0 Å². The first kappa shape index (κ1) is 15.7. The molecule has 2 aromatic rings. The van der Waals surface area contributed by atoms with Gasteiger partial charge in [0.15, 0.2) is 0 Å². The lowest BCUT2D eigenvalue weighted by Gasteiger charge is -2.34. The van der Waals surface area contributed by atoms with Crippen LogP contribution < -0.4 is 0 Å². The van der Waals surface area contributed by atoms with Crippen LogP contribution in [0.25, 0.3) is 0 Å². The first-order valence-corrected chi connectivity index (χ1v) is 8.67. The minimum Gasteiger partial charge on any atom is -0.290 e. The molecule has 0 N–H and O–H groups in total. The lowest BCUT2D eigenvalue weighted by atomic mass is 10.0. The lowest BCUT2D eigenvalue weighted by molar-refractivity contribution is -0.215. The summed E-state index contributed by atoms with van der Waals surface area (Å²) in [7, 11) is 0. The van der Waals surface area contributed by atoms with Crippen molar-refractivity contribution in [2.45, 2.75) is 58.7 Å². The van der Waals surface area contributed by atoms with Gasteiger partial charge in [0, 0.05) is 23.0 Å². The molecule has 4 heteroatoms. The van der Waals surface area contributed by atoms with Gasteiger partial charge in [0.2, 0.25) is 0 Å². The van der Waals surface area contributed by atoms with Gasteiger partial charge in [-0.1, -0.05) is 29.8 Å². The molecule has 0 bridgehead atoms. The average Bonchev–Trinajstić information content (AvgIpc) is 3.05. The van der Waals surface area contributed by atoms with Gasteiger partial charge in [0.05, 0.1) is 6.04 Å². The number of nitrogens with zero attached hydrogens (tertiary/aromatic N) is 2. The van der Waals surface area contributed by atoms with E-state index in [-0.39, 0.29) is 17.7 Å². The Kier molecular flexibility index (Phi) is 4.10. The van der Waals surface area contributed by atoms with Crippen molar-refractivity contribution in [3.8, 4) is 0 Å². The molecule has 0 spiro atoms. The van der Waals surface area contributed by atoms with E-state index in [4.69, 9.17) is 9.82 Å². The fourth-order valence-corrected chi connectivity index (χ4v) is 3.77. The van der Waals surface area contributed by atoms with E-state index < -0.39 is 0 Å². The lowest BCUT2D eigenvalue weighted by Crippen LogP contribution is -2.39. The number of benzene rings is 1. The summed E-state index contributed by atoms with van der Waals surface area (Å²) in [5, 5.41) is 5.41. The molecule has 0 radical (unpaired) electrons. The molecular formula is C18H24N2OS. The number of aromatic nitrogens is 1. The molecule has 118 valence electrons. The highest BCUT2D eigenvalue weighted by Crippen LogP contribution is 2.45. The Balaban J connectivity index is 1.90. The Morgan fingerprint density at radius 2 is 1.86 bits per heavy atom. The summed E-state index contributed by atoms with van der Waals surface area (Å²) in [4.78, 5) is 11.0. The molecule has 2 heterocycles. The van der Waals surface area contributed by atoms with Gasteiger partial charge in [-0.3, -0.25) is 4.84 Å². The van der Waals surface area contributed by atoms with Crippen LogP contribution in [0.1, 0.15) is 61.2 Å². The fraction of sp³-hybridized carbons (Fsp3) is 0.500. The third-order valence-corrected chi connectivity index (χ3v) is 5.06. The van der Waals surface area contributed by atoms with Crippen molar-refractivity contribution in [2.75, 3.05) is 0 Å². The molecule has 1 saturated heterocycles. The van der Waals surface area contributed by atoms with Gasteiger partial charge in [-0.2, -0.15) is 5.06 Å². The highest BCUT2D eigenvalue weighted by Gasteiger charge is 2.42. The van der Waals surface area contributed by atoms with Crippen LogP contribution in [0.4, 0.5) is 0 Å². The van der Waals surface area contributed by atoms with E-state index in [0.717, 1.165) is 17.1 Å². The van der Waals surface area contributed by atoms with Crippen LogP contribution in [-0.4, -0.2) is 15.6 Å². The molecule has 1 aliphatic rings. The zero-order chi connectivity index (χ0) is 15.9. The first-order valence-electron chi connectivity index (χ1n) is 7.79. The Labute approximate surface area is 136 Å². The van der Waals surface area contributed by atoms with Crippen LogP contribution in [0.5, 0.6) is 0 Å². The van der Waals surface area contributed by atoms with Crippen LogP contribution in [0.15, 0.2) is 29.6 Å². The molecule has 22 heavy (non-hydrogen) atoms. The van der Waals surface area contributed by atoms with Crippen LogP contribution >= 0.6 is 11.3 Å². The van der Waals surface area contributed by atoms with E-state index in [9.17, 15) is 0 Å². The van der Waals surface area contributed by atoms with Crippen molar-refractivity contribution < 1.29 is 4.84 Å². The predicted octanol–water partition coefficient (Wildman–Crippen LogP) is 4.98. The van der Waals surface area contributed by atoms with Gasteiger partial charge in [-0.25, -0.2) is 4.98 Å². The third kappa shape index (κ3) is 3.09. The van der Waals surface area contributed by atoms with Gasteiger partial charge in [-0.05, 0) is 40.2 Å². The maximum absolute atomic E-state index is 6.33. The number of rotatable bonds is 2. The summed E-state index contributed by atoms with van der Waals surface area (Å²) in [5.41, 5.74) is 3.56. The van der Waals surface area contributed by atoms with Gasteiger partial charge >= 0.3 is 0 Å². The second kappa shape index (κ2) is 5.76. The molecule has 1 aromatic heterocycles. The topological polar surface area (TPSA) is 25.4 Å². The second-order valence-corrected chi connectivity index (χ2v) is 7.97. The summed E-state index contributed by atoms with van der Waals surface area (Å²) < 4.78 is 0.